The average molecular weight is 504 g/mol. The van der Waals surface area contributed by atoms with Crippen LogP contribution in [0.4, 0.5) is 9.18 Å². The number of hydrogen-bond acceptors (Lipinski definition) is 6. The van der Waals surface area contributed by atoms with E-state index in [-0.39, 0.29) is 23.8 Å². The van der Waals surface area contributed by atoms with E-state index in [0.717, 1.165) is 63.5 Å². The number of benzene rings is 1. The van der Waals surface area contributed by atoms with E-state index in [1.54, 1.807) is 6.07 Å². The van der Waals surface area contributed by atoms with Crippen LogP contribution in [0.1, 0.15) is 83.7 Å². The Labute approximate surface area is 217 Å². The molecule has 0 radical (unpaired) electrons. The van der Waals surface area contributed by atoms with Crippen molar-refractivity contribution in [3.63, 3.8) is 0 Å². The molecule has 2 aliphatic rings. The summed E-state index contributed by atoms with van der Waals surface area (Å²) in [4.78, 5) is 21.7. The second-order valence-electron chi connectivity index (χ2n) is 10.9. The Morgan fingerprint density at radius 2 is 1.97 bits per heavy atom. The summed E-state index contributed by atoms with van der Waals surface area (Å²) in [5.41, 5.74) is 0.140. The van der Waals surface area contributed by atoms with Crippen molar-refractivity contribution in [3.8, 4) is 0 Å². The Morgan fingerprint density at radius 1 is 1.25 bits per heavy atom. The third kappa shape index (κ3) is 6.39. The zero-order valence-electron chi connectivity index (χ0n) is 23.1. The normalized spacial score (nSPS) is 27.8. The fraction of sp³-hybridized carbons (Fsp3) is 0.724. The Bertz CT molecular complexity index is 871. The highest BCUT2D eigenvalue weighted by Gasteiger charge is 2.53. The molecule has 0 spiro atoms. The molecule has 1 aromatic rings. The van der Waals surface area contributed by atoms with Crippen LogP contribution in [0.3, 0.4) is 0 Å². The number of hydrogen-bond donors (Lipinski definition) is 0. The van der Waals surface area contributed by atoms with E-state index in [1.165, 1.54) is 13.2 Å². The van der Waals surface area contributed by atoms with Gasteiger partial charge in [0, 0.05) is 18.5 Å². The molecular formula is C29H46FN3O3. The van der Waals surface area contributed by atoms with Crippen molar-refractivity contribution < 1.29 is 18.7 Å². The minimum atomic E-state index is -0.916. The van der Waals surface area contributed by atoms with E-state index in [4.69, 9.17) is 14.5 Å². The zero-order chi connectivity index (χ0) is 26.3. The summed E-state index contributed by atoms with van der Waals surface area (Å²) in [7, 11) is 5.54. The molecule has 1 aliphatic heterocycles. The van der Waals surface area contributed by atoms with Crippen molar-refractivity contribution in [2.24, 2.45) is 22.7 Å². The highest BCUT2D eigenvalue weighted by molar-refractivity contribution is 5.64. The maximum absolute atomic E-state index is 14.0. The van der Waals surface area contributed by atoms with E-state index in [1.807, 2.05) is 18.5 Å². The minimum Gasteiger partial charge on any atom is -0.438 e. The lowest BCUT2D eigenvalue weighted by Crippen LogP contribution is -2.53. The molecular weight excluding hydrogens is 457 g/mol. The average Bonchev–Trinajstić information content (AvgIpc) is 3.20. The van der Waals surface area contributed by atoms with Gasteiger partial charge >= 0.3 is 6.16 Å². The summed E-state index contributed by atoms with van der Waals surface area (Å²) >= 11 is 0. The van der Waals surface area contributed by atoms with Crippen molar-refractivity contribution >= 4 is 12.5 Å². The van der Waals surface area contributed by atoms with Crippen LogP contribution in [0.2, 0.25) is 0 Å². The van der Waals surface area contributed by atoms with Crippen LogP contribution in [0.25, 0.3) is 0 Å². The van der Waals surface area contributed by atoms with E-state index in [0.29, 0.717) is 11.8 Å². The molecule has 0 N–H and O–H groups in total. The summed E-state index contributed by atoms with van der Waals surface area (Å²) < 4.78 is 24.9. The summed E-state index contributed by atoms with van der Waals surface area (Å²) in [5.74, 6) is 0.914. The molecule has 4 unspecified atom stereocenters. The molecule has 1 fully saturated rings. The predicted octanol–water partition coefficient (Wildman–Crippen LogP) is 6.66. The van der Waals surface area contributed by atoms with Gasteiger partial charge in [0.05, 0.1) is 19.5 Å². The van der Waals surface area contributed by atoms with E-state index in [9.17, 15) is 9.18 Å². The number of carbonyl (C=O) groups excluding carboxylic acids is 1. The van der Waals surface area contributed by atoms with Crippen molar-refractivity contribution in [2.45, 2.75) is 89.9 Å². The molecule has 1 aliphatic carbocycles. The van der Waals surface area contributed by atoms with Gasteiger partial charge in [-0.15, -0.1) is 0 Å². The van der Waals surface area contributed by atoms with Gasteiger partial charge in [0.25, 0.3) is 0 Å². The van der Waals surface area contributed by atoms with Crippen LogP contribution in [0.5, 0.6) is 0 Å². The highest BCUT2D eigenvalue weighted by atomic mass is 19.1. The summed E-state index contributed by atoms with van der Waals surface area (Å²) in [6.07, 6.45) is 9.62. The van der Waals surface area contributed by atoms with Gasteiger partial charge in [-0.3, -0.25) is 0 Å². The number of methoxy groups -OCH3 is 1. The Kier molecular flexibility index (Phi) is 10.2. The lowest BCUT2D eigenvalue weighted by atomic mass is 9.73. The monoisotopic (exact) mass is 503 g/mol. The lowest BCUT2D eigenvalue weighted by Gasteiger charge is -2.43. The number of unbranched alkanes of at least 4 members (excludes halogenated alkanes) is 1. The molecule has 36 heavy (non-hydrogen) atoms. The van der Waals surface area contributed by atoms with Gasteiger partial charge in [-0.05, 0) is 75.7 Å². The molecule has 1 saturated carbocycles. The smallest absolute Gasteiger partial charge is 0.438 e. The molecule has 7 heteroatoms. The second kappa shape index (κ2) is 12.9. The first-order chi connectivity index (χ1) is 17.2. The Morgan fingerprint density at radius 3 is 2.56 bits per heavy atom. The summed E-state index contributed by atoms with van der Waals surface area (Å²) in [6, 6.07) is 7.27. The van der Waals surface area contributed by atoms with E-state index >= 15 is 0 Å². The Hall–Kier alpha value is -2.15. The third-order valence-electron chi connectivity index (χ3n) is 8.43. The molecule has 0 bridgehead atoms. The maximum Gasteiger partial charge on any atom is 0.510 e. The first-order valence-corrected chi connectivity index (χ1v) is 13.8. The third-order valence-corrected chi connectivity index (χ3v) is 8.43. The number of nitrogens with zero attached hydrogens (tertiary/aromatic N) is 3. The van der Waals surface area contributed by atoms with Gasteiger partial charge < -0.3 is 19.3 Å². The van der Waals surface area contributed by atoms with E-state index in [2.05, 4.69) is 44.7 Å². The zero-order valence-corrected chi connectivity index (χ0v) is 23.1. The topological polar surface area (TPSA) is 54.4 Å². The van der Waals surface area contributed by atoms with Crippen molar-refractivity contribution in [1.82, 2.24) is 9.80 Å². The molecule has 1 heterocycles. The quantitative estimate of drug-likeness (QED) is 0.316. The van der Waals surface area contributed by atoms with Crippen LogP contribution in [-0.2, 0) is 9.47 Å². The molecule has 6 nitrogen and oxygen atoms in total. The molecule has 0 amide bonds. The SMILES string of the molecule is CCCCN1C=NC(OC(=O)OC)(C(C)CC)C1CC1CCC(C(c2cccc(F)c2)N(C)C)CC1. The fourth-order valence-corrected chi connectivity index (χ4v) is 6.28. The predicted molar refractivity (Wildman–Crippen MR) is 142 cm³/mol. The van der Waals surface area contributed by atoms with Gasteiger partial charge in [-0.2, -0.15) is 0 Å². The van der Waals surface area contributed by atoms with Crippen molar-refractivity contribution in [2.75, 3.05) is 27.7 Å². The maximum atomic E-state index is 14.0. The summed E-state index contributed by atoms with van der Waals surface area (Å²) in [6.45, 7) is 7.34. The van der Waals surface area contributed by atoms with Crippen molar-refractivity contribution in [3.05, 3.63) is 35.6 Å². The lowest BCUT2D eigenvalue weighted by molar-refractivity contribution is -0.0885. The first kappa shape index (κ1) is 28.4. The molecule has 0 aromatic heterocycles. The fourth-order valence-electron chi connectivity index (χ4n) is 6.28. The number of ether oxygens (including phenoxy) is 2. The highest BCUT2D eigenvalue weighted by Crippen LogP contribution is 2.45. The number of aliphatic imine (C=N–C) groups is 1. The van der Waals surface area contributed by atoms with Gasteiger partial charge in [-0.25, -0.2) is 14.2 Å². The molecule has 0 saturated heterocycles. The standard InChI is InChI=1S/C29H46FN3O3/c1-7-9-17-33-20-31-29(21(3)8-2,36-28(34)35-6)26(33)18-22-13-15-23(16-14-22)27(32(4)5)24-11-10-12-25(30)19-24/h10-12,19-23,26-27H,7-9,13-18H2,1-6H3. The van der Waals surface area contributed by atoms with Gasteiger partial charge in [-0.1, -0.05) is 52.2 Å². The molecule has 4 atom stereocenters. The molecule has 3 rings (SSSR count). The van der Waals surface area contributed by atoms with Crippen molar-refractivity contribution in [1.29, 1.82) is 0 Å². The van der Waals surface area contributed by atoms with Crippen LogP contribution in [0, 0.1) is 23.6 Å². The van der Waals surface area contributed by atoms with Gasteiger partial charge in [0.2, 0.25) is 5.72 Å². The summed E-state index contributed by atoms with van der Waals surface area (Å²) in [5, 5.41) is 0. The van der Waals surface area contributed by atoms with Crippen LogP contribution >= 0.6 is 0 Å². The number of carbonyl (C=O) groups is 1. The van der Waals surface area contributed by atoms with E-state index < -0.39 is 11.9 Å². The van der Waals surface area contributed by atoms with Gasteiger partial charge in [0.15, 0.2) is 0 Å². The van der Waals surface area contributed by atoms with Crippen LogP contribution in [-0.4, -0.2) is 61.8 Å². The molecule has 202 valence electrons. The first-order valence-electron chi connectivity index (χ1n) is 13.8. The minimum absolute atomic E-state index is 0.00696. The van der Waals surface area contributed by atoms with Gasteiger partial charge in [0.1, 0.15) is 5.82 Å². The van der Waals surface area contributed by atoms with Crippen LogP contribution in [0.15, 0.2) is 29.3 Å². The van der Waals surface area contributed by atoms with Crippen LogP contribution < -0.4 is 0 Å². The largest absolute Gasteiger partial charge is 0.510 e. The molecule has 1 aromatic carbocycles. The second-order valence-corrected chi connectivity index (χ2v) is 10.9. The number of halogens is 1. The Balaban J connectivity index is 1.75. The number of rotatable bonds is 11.